The Balaban J connectivity index is 1.67. The standard InChI is InChI=1S/C14H23NS/c1-11-4-3-5-13(8-11)9-15-10-14-7-6-12(2)16-14/h6-7,11,13,15H,3-5,8-10H2,1-2H3. The third-order valence-electron chi connectivity index (χ3n) is 3.57. The van der Waals surface area contributed by atoms with Crippen molar-refractivity contribution in [2.45, 2.75) is 46.1 Å². The van der Waals surface area contributed by atoms with E-state index in [4.69, 9.17) is 0 Å². The summed E-state index contributed by atoms with van der Waals surface area (Å²) in [4.78, 5) is 2.89. The summed E-state index contributed by atoms with van der Waals surface area (Å²) in [5, 5.41) is 3.62. The van der Waals surface area contributed by atoms with E-state index in [1.807, 2.05) is 11.3 Å². The molecule has 1 saturated carbocycles. The fraction of sp³-hybridized carbons (Fsp3) is 0.714. The number of hydrogen-bond donors (Lipinski definition) is 1. The van der Waals surface area contributed by atoms with Crippen molar-refractivity contribution in [3.05, 3.63) is 21.9 Å². The van der Waals surface area contributed by atoms with Crippen LogP contribution in [0.4, 0.5) is 0 Å². The minimum absolute atomic E-state index is 0.921. The van der Waals surface area contributed by atoms with E-state index in [2.05, 4.69) is 31.3 Å². The summed E-state index contributed by atoms with van der Waals surface area (Å²) in [6.07, 6.45) is 5.74. The fourth-order valence-electron chi connectivity index (χ4n) is 2.72. The van der Waals surface area contributed by atoms with Gasteiger partial charge in [0.05, 0.1) is 0 Å². The predicted molar refractivity (Wildman–Crippen MR) is 71.9 cm³/mol. The molecule has 1 aromatic rings. The second-order valence-corrected chi connectivity index (χ2v) is 6.65. The fourth-order valence-corrected chi connectivity index (χ4v) is 3.58. The zero-order valence-electron chi connectivity index (χ0n) is 10.5. The van der Waals surface area contributed by atoms with Crippen LogP contribution < -0.4 is 5.32 Å². The van der Waals surface area contributed by atoms with Gasteiger partial charge in [-0.15, -0.1) is 11.3 Å². The predicted octanol–water partition coefficient (Wildman–Crippen LogP) is 3.97. The minimum atomic E-state index is 0.921. The molecule has 0 amide bonds. The molecule has 0 spiro atoms. The van der Waals surface area contributed by atoms with Crippen molar-refractivity contribution >= 4 is 11.3 Å². The molecule has 1 fully saturated rings. The second kappa shape index (κ2) is 5.83. The molecule has 90 valence electrons. The van der Waals surface area contributed by atoms with Crippen LogP contribution in [0.15, 0.2) is 12.1 Å². The highest BCUT2D eigenvalue weighted by molar-refractivity contribution is 7.11. The molecule has 1 aromatic heterocycles. The van der Waals surface area contributed by atoms with Gasteiger partial charge in [0.15, 0.2) is 0 Å². The van der Waals surface area contributed by atoms with Crippen LogP contribution >= 0.6 is 11.3 Å². The average Bonchev–Trinajstić information content (AvgIpc) is 2.64. The largest absolute Gasteiger partial charge is 0.312 e. The maximum absolute atomic E-state index is 3.62. The van der Waals surface area contributed by atoms with E-state index in [1.165, 1.54) is 42.0 Å². The van der Waals surface area contributed by atoms with Gasteiger partial charge in [-0.2, -0.15) is 0 Å². The molecule has 2 unspecified atom stereocenters. The molecule has 2 rings (SSSR count). The number of thiophene rings is 1. The summed E-state index contributed by atoms with van der Waals surface area (Å²) in [5.41, 5.74) is 0. The van der Waals surface area contributed by atoms with Gasteiger partial charge in [0.2, 0.25) is 0 Å². The van der Waals surface area contributed by atoms with Crippen LogP contribution in [0, 0.1) is 18.8 Å². The van der Waals surface area contributed by atoms with Crippen molar-refractivity contribution in [1.82, 2.24) is 5.32 Å². The van der Waals surface area contributed by atoms with Crippen molar-refractivity contribution < 1.29 is 0 Å². The molecule has 0 aromatic carbocycles. The first-order valence-electron chi connectivity index (χ1n) is 6.50. The lowest BCUT2D eigenvalue weighted by Crippen LogP contribution is -2.26. The summed E-state index contributed by atoms with van der Waals surface area (Å²) < 4.78 is 0. The van der Waals surface area contributed by atoms with E-state index in [9.17, 15) is 0 Å². The Labute approximate surface area is 103 Å². The molecule has 0 bridgehead atoms. The average molecular weight is 237 g/mol. The van der Waals surface area contributed by atoms with Gasteiger partial charge in [0.1, 0.15) is 0 Å². The smallest absolute Gasteiger partial charge is 0.0299 e. The molecule has 0 saturated heterocycles. The van der Waals surface area contributed by atoms with Crippen LogP contribution in [0.25, 0.3) is 0 Å². The van der Waals surface area contributed by atoms with E-state index < -0.39 is 0 Å². The van der Waals surface area contributed by atoms with Crippen LogP contribution in [0.3, 0.4) is 0 Å². The molecule has 1 N–H and O–H groups in total. The van der Waals surface area contributed by atoms with E-state index in [-0.39, 0.29) is 0 Å². The van der Waals surface area contributed by atoms with E-state index in [1.54, 1.807) is 0 Å². The summed E-state index contributed by atoms with van der Waals surface area (Å²) in [5.74, 6) is 1.87. The van der Waals surface area contributed by atoms with Gasteiger partial charge in [0, 0.05) is 16.3 Å². The Kier molecular flexibility index (Phi) is 4.42. The minimum Gasteiger partial charge on any atom is -0.312 e. The van der Waals surface area contributed by atoms with Gasteiger partial charge in [-0.3, -0.25) is 0 Å². The van der Waals surface area contributed by atoms with Crippen LogP contribution in [0.1, 0.15) is 42.4 Å². The summed E-state index contributed by atoms with van der Waals surface area (Å²) in [6, 6.07) is 4.46. The zero-order chi connectivity index (χ0) is 11.4. The molecule has 0 aliphatic heterocycles. The molecular weight excluding hydrogens is 214 g/mol. The van der Waals surface area contributed by atoms with Crippen molar-refractivity contribution in [1.29, 1.82) is 0 Å². The van der Waals surface area contributed by atoms with E-state index in [0.717, 1.165) is 18.4 Å². The van der Waals surface area contributed by atoms with Crippen molar-refractivity contribution in [3.63, 3.8) is 0 Å². The van der Waals surface area contributed by atoms with Crippen LogP contribution in [0.2, 0.25) is 0 Å². The molecule has 1 heterocycles. The first-order valence-corrected chi connectivity index (χ1v) is 7.31. The molecule has 2 heteroatoms. The monoisotopic (exact) mass is 237 g/mol. The quantitative estimate of drug-likeness (QED) is 0.835. The third-order valence-corrected chi connectivity index (χ3v) is 4.57. The Morgan fingerprint density at radius 1 is 1.38 bits per heavy atom. The van der Waals surface area contributed by atoms with Gasteiger partial charge in [-0.05, 0) is 50.3 Å². The Bertz CT molecular complexity index is 318. The van der Waals surface area contributed by atoms with Gasteiger partial charge < -0.3 is 5.32 Å². The Morgan fingerprint density at radius 2 is 2.25 bits per heavy atom. The molecule has 16 heavy (non-hydrogen) atoms. The van der Waals surface area contributed by atoms with Gasteiger partial charge >= 0.3 is 0 Å². The molecule has 1 nitrogen and oxygen atoms in total. The van der Waals surface area contributed by atoms with Gasteiger partial charge in [-0.25, -0.2) is 0 Å². The van der Waals surface area contributed by atoms with Crippen LogP contribution in [-0.4, -0.2) is 6.54 Å². The highest BCUT2D eigenvalue weighted by Crippen LogP contribution is 2.28. The molecule has 1 aliphatic carbocycles. The molecule has 2 atom stereocenters. The maximum Gasteiger partial charge on any atom is 0.0299 e. The lowest BCUT2D eigenvalue weighted by atomic mass is 9.82. The first-order chi connectivity index (χ1) is 7.74. The molecule has 0 radical (unpaired) electrons. The topological polar surface area (TPSA) is 12.0 Å². The van der Waals surface area contributed by atoms with Crippen LogP contribution in [0.5, 0.6) is 0 Å². The van der Waals surface area contributed by atoms with Crippen molar-refractivity contribution in [2.75, 3.05) is 6.54 Å². The van der Waals surface area contributed by atoms with E-state index >= 15 is 0 Å². The highest BCUT2D eigenvalue weighted by atomic mass is 32.1. The number of aryl methyl sites for hydroxylation is 1. The summed E-state index contributed by atoms with van der Waals surface area (Å²) >= 11 is 1.91. The number of nitrogens with one attached hydrogen (secondary N) is 1. The zero-order valence-corrected chi connectivity index (χ0v) is 11.3. The van der Waals surface area contributed by atoms with Gasteiger partial charge in [-0.1, -0.05) is 19.8 Å². The number of rotatable bonds is 4. The molecular formula is C14H23NS. The lowest BCUT2D eigenvalue weighted by molar-refractivity contribution is 0.274. The Hall–Kier alpha value is -0.340. The Morgan fingerprint density at radius 3 is 2.94 bits per heavy atom. The van der Waals surface area contributed by atoms with E-state index in [0.29, 0.717) is 0 Å². The van der Waals surface area contributed by atoms with Crippen molar-refractivity contribution in [2.24, 2.45) is 11.8 Å². The summed E-state index contributed by atoms with van der Waals surface area (Å²) in [6.45, 7) is 6.84. The van der Waals surface area contributed by atoms with Crippen molar-refractivity contribution in [3.8, 4) is 0 Å². The first kappa shape index (κ1) is 12.1. The highest BCUT2D eigenvalue weighted by Gasteiger charge is 2.18. The normalized spacial score (nSPS) is 25.9. The number of hydrogen-bond acceptors (Lipinski definition) is 2. The van der Waals surface area contributed by atoms with Crippen LogP contribution in [-0.2, 0) is 6.54 Å². The maximum atomic E-state index is 3.62. The summed E-state index contributed by atoms with van der Waals surface area (Å²) in [7, 11) is 0. The third kappa shape index (κ3) is 3.60. The second-order valence-electron chi connectivity index (χ2n) is 5.28. The van der Waals surface area contributed by atoms with Gasteiger partial charge in [0.25, 0.3) is 0 Å². The lowest BCUT2D eigenvalue weighted by Gasteiger charge is -2.26. The molecule has 1 aliphatic rings. The SMILES string of the molecule is Cc1ccc(CNCC2CCCC(C)C2)s1.